The van der Waals surface area contributed by atoms with Crippen LogP contribution in [-0.4, -0.2) is 12.6 Å². The molecular formula is C22H23NO2S. The molecule has 0 fully saturated rings. The van der Waals surface area contributed by atoms with E-state index in [9.17, 15) is 4.79 Å². The van der Waals surface area contributed by atoms with Crippen LogP contribution in [0.1, 0.15) is 34.0 Å². The number of hydrogen-bond acceptors (Lipinski definition) is 4. The van der Waals surface area contributed by atoms with E-state index >= 15 is 0 Å². The molecule has 134 valence electrons. The number of carbonyl (C=O) groups is 1. The standard InChI is InChI=1S/C22H23NO2S/c1-4-25-22(24)20-19(18-10-8-15(2)9-11-18)14-26-21(20)23-13-17-7-5-6-16(3)12-17/h5-12,14,23H,4,13H2,1-3H3. The van der Waals surface area contributed by atoms with Gasteiger partial charge in [0, 0.05) is 17.5 Å². The molecule has 4 heteroatoms. The van der Waals surface area contributed by atoms with Crippen LogP contribution in [0.3, 0.4) is 0 Å². The summed E-state index contributed by atoms with van der Waals surface area (Å²) in [4.78, 5) is 12.6. The molecule has 1 N–H and O–H groups in total. The van der Waals surface area contributed by atoms with Crippen molar-refractivity contribution in [3.05, 3.63) is 76.2 Å². The fraction of sp³-hybridized carbons (Fsp3) is 0.227. The molecule has 1 aromatic heterocycles. The van der Waals surface area contributed by atoms with Gasteiger partial charge in [0.25, 0.3) is 0 Å². The zero-order valence-corrected chi connectivity index (χ0v) is 16.2. The van der Waals surface area contributed by atoms with Crippen LogP contribution >= 0.6 is 11.3 Å². The second-order valence-electron chi connectivity index (χ2n) is 6.28. The van der Waals surface area contributed by atoms with Crippen molar-refractivity contribution < 1.29 is 9.53 Å². The summed E-state index contributed by atoms with van der Waals surface area (Å²) in [5.41, 5.74) is 6.16. The van der Waals surface area contributed by atoms with Gasteiger partial charge in [-0.15, -0.1) is 11.3 Å². The number of esters is 1. The van der Waals surface area contributed by atoms with E-state index in [2.05, 4.69) is 49.5 Å². The number of rotatable bonds is 6. The summed E-state index contributed by atoms with van der Waals surface area (Å²) >= 11 is 1.54. The number of benzene rings is 2. The van der Waals surface area contributed by atoms with Gasteiger partial charge < -0.3 is 10.1 Å². The maximum absolute atomic E-state index is 12.6. The minimum atomic E-state index is -0.281. The maximum atomic E-state index is 12.6. The van der Waals surface area contributed by atoms with Crippen LogP contribution < -0.4 is 5.32 Å². The van der Waals surface area contributed by atoms with Gasteiger partial charge in [0.1, 0.15) is 10.6 Å². The van der Waals surface area contributed by atoms with E-state index < -0.39 is 0 Å². The molecule has 0 unspecified atom stereocenters. The minimum absolute atomic E-state index is 0.281. The van der Waals surface area contributed by atoms with Crippen molar-refractivity contribution in [3.63, 3.8) is 0 Å². The number of thiophene rings is 1. The van der Waals surface area contributed by atoms with Crippen molar-refractivity contribution in [2.75, 3.05) is 11.9 Å². The SMILES string of the molecule is CCOC(=O)c1c(-c2ccc(C)cc2)csc1NCc1cccc(C)c1. The van der Waals surface area contributed by atoms with Gasteiger partial charge in [-0.05, 0) is 31.9 Å². The molecule has 3 nitrogen and oxygen atoms in total. The molecular weight excluding hydrogens is 342 g/mol. The average Bonchev–Trinajstić information content (AvgIpc) is 3.05. The smallest absolute Gasteiger partial charge is 0.341 e. The molecule has 0 atom stereocenters. The van der Waals surface area contributed by atoms with Crippen molar-refractivity contribution >= 4 is 22.3 Å². The second kappa shape index (κ2) is 8.19. The number of ether oxygens (including phenoxy) is 1. The molecule has 0 radical (unpaired) electrons. The van der Waals surface area contributed by atoms with Crippen LogP contribution in [0.4, 0.5) is 5.00 Å². The van der Waals surface area contributed by atoms with Gasteiger partial charge in [-0.2, -0.15) is 0 Å². The molecule has 0 aliphatic heterocycles. The summed E-state index contributed by atoms with van der Waals surface area (Å²) in [5.74, 6) is -0.281. The summed E-state index contributed by atoms with van der Waals surface area (Å²) < 4.78 is 5.31. The molecule has 0 aliphatic rings. The summed E-state index contributed by atoms with van der Waals surface area (Å²) in [5, 5.41) is 6.29. The van der Waals surface area contributed by atoms with E-state index in [1.165, 1.54) is 16.7 Å². The summed E-state index contributed by atoms with van der Waals surface area (Å²) in [6.45, 7) is 6.99. The third-order valence-electron chi connectivity index (χ3n) is 4.17. The predicted molar refractivity (Wildman–Crippen MR) is 109 cm³/mol. The van der Waals surface area contributed by atoms with E-state index in [1.807, 2.05) is 30.5 Å². The fourth-order valence-corrected chi connectivity index (χ4v) is 3.80. The van der Waals surface area contributed by atoms with Gasteiger partial charge in [0.2, 0.25) is 0 Å². The lowest BCUT2D eigenvalue weighted by atomic mass is 10.0. The number of carbonyl (C=O) groups excluding carboxylic acids is 1. The van der Waals surface area contributed by atoms with Crippen LogP contribution in [0.5, 0.6) is 0 Å². The lowest BCUT2D eigenvalue weighted by Gasteiger charge is -2.10. The Bertz CT molecular complexity index is 897. The highest BCUT2D eigenvalue weighted by Gasteiger charge is 2.21. The predicted octanol–water partition coefficient (Wildman–Crippen LogP) is 5.82. The highest BCUT2D eigenvalue weighted by molar-refractivity contribution is 7.15. The van der Waals surface area contributed by atoms with Gasteiger partial charge >= 0.3 is 5.97 Å². The molecule has 0 saturated carbocycles. The van der Waals surface area contributed by atoms with E-state index in [-0.39, 0.29) is 5.97 Å². The minimum Gasteiger partial charge on any atom is -0.462 e. The largest absolute Gasteiger partial charge is 0.462 e. The summed E-state index contributed by atoms with van der Waals surface area (Å²) in [6.07, 6.45) is 0. The van der Waals surface area contributed by atoms with E-state index in [4.69, 9.17) is 4.74 Å². The highest BCUT2D eigenvalue weighted by atomic mass is 32.1. The van der Waals surface area contributed by atoms with Crippen molar-refractivity contribution in [2.45, 2.75) is 27.3 Å². The van der Waals surface area contributed by atoms with Crippen molar-refractivity contribution in [1.29, 1.82) is 0 Å². The molecule has 0 saturated heterocycles. The Kier molecular flexibility index (Phi) is 5.74. The molecule has 0 amide bonds. The summed E-state index contributed by atoms with van der Waals surface area (Å²) in [7, 11) is 0. The van der Waals surface area contributed by atoms with E-state index in [0.717, 1.165) is 16.1 Å². The van der Waals surface area contributed by atoms with E-state index in [1.54, 1.807) is 11.3 Å². The molecule has 0 bridgehead atoms. The maximum Gasteiger partial charge on any atom is 0.341 e. The first-order valence-electron chi connectivity index (χ1n) is 8.73. The average molecular weight is 365 g/mol. The van der Waals surface area contributed by atoms with Gasteiger partial charge in [-0.1, -0.05) is 59.7 Å². The second-order valence-corrected chi connectivity index (χ2v) is 7.16. The Labute approximate surface area is 158 Å². The van der Waals surface area contributed by atoms with Crippen LogP contribution in [-0.2, 0) is 11.3 Å². The zero-order valence-electron chi connectivity index (χ0n) is 15.3. The van der Waals surface area contributed by atoms with Crippen LogP contribution in [0, 0.1) is 13.8 Å². The van der Waals surface area contributed by atoms with Crippen molar-refractivity contribution in [3.8, 4) is 11.1 Å². The normalized spacial score (nSPS) is 10.6. The van der Waals surface area contributed by atoms with Gasteiger partial charge in [0.15, 0.2) is 0 Å². The molecule has 26 heavy (non-hydrogen) atoms. The molecule has 0 spiro atoms. The molecule has 0 aliphatic carbocycles. The molecule has 1 heterocycles. The van der Waals surface area contributed by atoms with Gasteiger partial charge in [-0.3, -0.25) is 0 Å². The third kappa shape index (κ3) is 4.14. The first-order valence-corrected chi connectivity index (χ1v) is 9.61. The highest BCUT2D eigenvalue weighted by Crippen LogP contribution is 2.36. The first kappa shape index (κ1) is 18.2. The van der Waals surface area contributed by atoms with Gasteiger partial charge in [-0.25, -0.2) is 4.79 Å². The zero-order chi connectivity index (χ0) is 18.5. The summed E-state index contributed by atoms with van der Waals surface area (Å²) in [6, 6.07) is 16.6. The van der Waals surface area contributed by atoms with Gasteiger partial charge in [0.05, 0.1) is 6.61 Å². The Morgan fingerprint density at radius 3 is 2.54 bits per heavy atom. The number of anilines is 1. The lowest BCUT2D eigenvalue weighted by molar-refractivity contribution is 0.0529. The Morgan fingerprint density at radius 2 is 1.85 bits per heavy atom. The monoisotopic (exact) mass is 365 g/mol. The van der Waals surface area contributed by atoms with Crippen LogP contribution in [0.2, 0.25) is 0 Å². The molecule has 3 aromatic rings. The lowest BCUT2D eigenvalue weighted by Crippen LogP contribution is -2.09. The number of nitrogens with one attached hydrogen (secondary N) is 1. The quantitative estimate of drug-likeness (QED) is 0.559. The fourth-order valence-electron chi connectivity index (χ4n) is 2.84. The first-order chi connectivity index (χ1) is 12.6. The topological polar surface area (TPSA) is 38.3 Å². The number of aryl methyl sites for hydroxylation is 2. The Balaban J connectivity index is 1.91. The van der Waals surface area contributed by atoms with E-state index in [0.29, 0.717) is 18.7 Å². The molecule has 3 rings (SSSR count). The van der Waals surface area contributed by atoms with Crippen molar-refractivity contribution in [1.82, 2.24) is 0 Å². The molecule has 2 aromatic carbocycles. The van der Waals surface area contributed by atoms with Crippen molar-refractivity contribution in [2.24, 2.45) is 0 Å². The Hall–Kier alpha value is -2.59. The number of hydrogen-bond donors (Lipinski definition) is 1. The van der Waals surface area contributed by atoms with Crippen LogP contribution in [0.15, 0.2) is 53.9 Å². The van der Waals surface area contributed by atoms with Crippen LogP contribution in [0.25, 0.3) is 11.1 Å². The Morgan fingerprint density at radius 1 is 1.08 bits per heavy atom. The third-order valence-corrected chi connectivity index (χ3v) is 5.11.